The number of aryl methyl sites for hydroxylation is 1. The average molecular weight is 272 g/mol. The number of rotatable bonds is 6. The standard InChI is InChI=1S/C11H20N4O2S/c1-8-10(12-3)14-9(2)15-11(8)13-6-5-7-18(4,16)17/h5-7H2,1-4H3,(H2,12,13,14,15). The summed E-state index contributed by atoms with van der Waals surface area (Å²) in [5.41, 5.74) is 0.933. The molecule has 0 aliphatic heterocycles. The van der Waals surface area contributed by atoms with E-state index < -0.39 is 9.84 Å². The molecule has 6 nitrogen and oxygen atoms in total. The lowest BCUT2D eigenvalue weighted by Crippen LogP contribution is -2.12. The van der Waals surface area contributed by atoms with E-state index in [1.807, 2.05) is 20.9 Å². The molecule has 0 fully saturated rings. The molecule has 1 heterocycles. The monoisotopic (exact) mass is 272 g/mol. The smallest absolute Gasteiger partial charge is 0.147 e. The topological polar surface area (TPSA) is 84.0 Å². The van der Waals surface area contributed by atoms with Crippen molar-refractivity contribution in [2.24, 2.45) is 0 Å². The maximum Gasteiger partial charge on any atom is 0.147 e. The van der Waals surface area contributed by atoms with Crippen molar-refractivity contribution in [1.82, 2.24) is 9.97 Å². The Labute approximate surface area is 108 Å². The zero-order valence-electron chi connectivity index (χ0n) is 11.2. The van der Waals surface area contributed by atoms with Crippen LogP contribution in [0.3, 0.4) is 0 Å². The van der Waals surface area contributed by atoms with Crippen molar-refractivity contribution in [3.05, 3.63) is 11.4 Å². The predicted octanol–water partition coefficient (Wildman–Crippen LogP) is 0.982. The second kappa shape index (κ2) is 5.99. The van der Waals surface area contributed by atoms with E-state index in [0.29, 0.717) is 18.8 Å². The van der Waals surface area contributed by atoms with Crippen LogP contribution in [0.15, 0.2) is 0 Å². The van der Waals surface area contributed by atoms with Gasteiger partial charge in [0.1, 0.15) is 27.3 Å². The molecule has 2 N–H and O–H groups in total. The second-order valence-corrected chi connectivity index (χ2v) is 6.51. The fourth-order valence-corrected chi connectivity index (χ4v) is 2.25. The van der Waals surface area contributed by atoms with Gasteiger partial charge in [0, 0.05) is 25.4 Å². The Morgan fingerprint density at radius 3 is 2.33 bits per heavy atom. The molecule has 18 heavy (non-hydrogen) atoms. The van der Waals surface area contributed by atoms with Gasteiger partial charge in [0.25, 0.3) is 0 Å². The van der Waals surface area contributed by atoms with Gasteiger partial charge in [0.05, 0.1) is 5.75 Å². The molecule has 0 aliphatic rings. The quantitative estimate of drug-likeness (QED) is 0.751. The van der Waals surface area contributed by atoms with Crippen molar-refractivity contribution in [3.63, 3.8) is 0 Å². The number of hydrogen-bond donors (Lipinski definition) is 2. The number of anilines is 2. The summed E-state index contributed by atoms with van der Waals surface area (Å²) in [4.78, 5) is 8.56. The minimum Gasteiger partial charge on any atom is -0.373 e. The van der Waals surface area contributed by atoms with Crippen LogP contribution in [0, 0.1) is 13.8 Å². The fourth-order valence-electron chi connectivity index (χ4n) is 1.59. The second-order valence-electron chi connectivity index (χ2n) is 4.25. The van der Waals surface area contributed by atoms with E-state index in [4.69, 9.17) is 0 Å². The predicted molar refractivity (Wildman–Crippen MR) is 73.9 cm³/mol. The lowest BCUT2D eigenvalue weighted by molar-refractivity contribution is 0.600. The molecule has 7 heteroatoms. The van der Waals surface area contributed by atoms with Gasteiger partial charge in [-0.15, -0.1) is 0 Å². The van der Waals surface area contributed by atoms with Crippen molar-refractivity contribution in [3.8, 4) is 0 Å². The number of sulfone groups is 1. The maximum atomic E-state index is 11.0. The Hall–Kier alpha value is -1.37. The number of nitrogens with one attached hydrogen (secondary N) is 2. The first-order chi connectivity index (χ1) is 8.33. The summed E-state index contributed by atoms with van der Waals surface area (Å²) >= 11 is 0. The first kappa shape index (κ1) is 14.7. The molecule has 1 aromatic rings. The first-order valence-corrected chi connectivity index (χ1v) is 7.84. The minimum absolute atomic E-state index is 0.183. The van der Waals surface area contributed by atoms with E-state index >= 15 is 0 Å². The highest BCUT2D eigenvalue weighted by Gasteiger charge is 2.08. The summed E-state index contributed by atoms with van der Waals surface area (Å²) < 4.78 is 22.0. The van der Waals surface area contributed by atoms with Crippen molar-refractivity contribution in [2.45, 2.75) is 20.3 Å². The molecule has 0 bridgehead atoms. The summed E-state index contributed by atoms with van der Waals surface area (Å²) in [5, 5.41) is 6.15. The third-order valence-corrected chi connectivity index (χ3v) is 3.51. The van der Waals surface area contributed by atoms with Crippen molar-refractivity contribution >= 4 is 21.5 Å². The molecule has 0 aromatic carbocycles. The molecule has 0 saturated carbocycles. The fraction of sp³-hybridized carbons (Fsp3) is 0.636. The van der Waals surface area contributed by atoms with Gasteiger partial charge in [-0.2, -0.15) is 0 Å². The Kier molecular flexibility index (Phi) is 4.89. The third-order valence-electron chi connectivity index (χ3n) is 2.48. The van der Waals surface area contributed by atoms with E-state index in [9.17, 15) is 8.42 Å². The zero-order chi connectivity index (χ0) is 13.8. The van der Waals surface area contributed by atoms with Gasteiger partial charge in [-0.3, -0.25) is 0 Å². The van der Waals surface area contributed by atoms with Gasteiger partial charge in [-0.1, -0.05) is 0 Å². The molecular formula is C11H20N4O2S. The lowest BCUT2D eigenvalue weighted by atomic mass is 10.3. The summed E-state index contributed by atoms with van der Waals surface area (Å²) in [6.07, 6.45) is 1.81. The average Bonchev–Trinajstić information content (AvgIpc) is 2.27. The van der Waals surface area contributed by atoms with Crippen LogP contribution < -0.4 is 10.6 Å². The van der Waals surface area contributed by atoms with Crippen LogP contribution >= 0.6 is 0 Å². The van der Waals surface area contributed by atoms with Crippen molar-refractivity contribution in [1.29, 1.82) is 0 Å². The van der Waals surface area contributed by atoms with Crippen molar-refractivity contribution < 1.29 is 8.42 Å². The van der Waals surface area contributed by atoms with Crippen LogP contribution in [0.4, 0.5) is 11.6 Å². The normalized spacial score (nSPS) is 11.3. The highest BCUT2D eigenvalue weighted by Crippen LogP contribution is 2.18. The minimum atomic E-state index is -2.89. The number of hydrogen-bond acceptors (Lipinski definition) is 6. The van der Waals surface area contributed by atoms with Gasteiger partial charge in [-0.05, 0) is 20.3 Å². The van der Waals surface area contributed by atoms with Crippen LogP contribution in [0.5, 0.6) is 0 Å². The lowest BCUT2D eigenvalue weighted by Gasteiger charge is -2.12. The number of nitrogens with zero attached hydrogens (tertiary/aromatic N) is 2. The van der Waals surface area contributed by atoms with Gasteiger partial charge in [-0.25, -0.2) is 18.4 Å². The number of aromatic nitrogens is 2. The van der Waals surface area contributed by atoms with Gasteiger partial charge in [0.2, 0.25) is 0 Å². The van der Waals surface area contributed by atoms with Crippen LogP contribution in [0.1, 0.15) is 17.8 Å². The van der Waals surface area contributed by atoms with Gasteiger partial charge >= 0.3 is 0 Å². The summed E-state index contributed by atoms with van der Waals surface area (Å²) in [7, 11) is -1.09. The van der Waals surface area contributed by atoms with E-state index in [0.717, 1.165) is 17.2 Å². The zero-order valence-corrected chi connectivity index (χ0v) is 12.1. The van der Waals surface area contributed by atoms with E-state index in [1.54, 1.807) is 0 Å². The van der Waals surface area contributed by atoms with Crippen molar-refractivity contribution in [2.75, 3.05) is 36.2 Å². The summed E-state index contributed by atoms with van der Waals surface area (Å²) in [6, 6.07) is 0. The Morgan fingerprint density at radius 2 is 1.78 bits per heavy atom. The molecule has 0 radical (unpaired) electrons. The Balaban J connectivity index is 2.65. The van der Waals surface area contributed by atoms with E-state index in [-0.39, 0.29) is 5.75 Å². The molecule has 0 unspecified atom stereocenters. The first-order valence-electron chi connectivity index (χ1n) is 5.78. The van der Waals surface area contributed by atoms with Crippen LogP contribution in [0.2, 0.25) is 0 Å². The summed E-state index contributed by atoms with van der Waals surface area (Å²) in [5.74, 6) is 2.39. The van der Waals surface area contributed by atoms with Gasteiger partial charge < -0.3 is 10.6 Å². The van der Waals surface area contributed by atoms with Crippen LogP contribution in [-0.2, 0) is 9.84 Å². The van der Waals surface area contributed by atoms with Crippen LogP contribution in [-0.4, -0.2) is 44.0 Å². The molecule has 0 amide bonds. The molecule has 1 aromatic heterocycles. The third kappa shape index (κ3) is 4.48. The molecule has 0 aliphatic carbocycles. The molecule has 0 saturated heterocycles. The molecule has 0 atom stereocenters. The maximum absolute atomic E-state index is 11.0. The largest absolute Gasteiger partial charge is 0.373 e. The van der Waals surface area contributed by atoms with E-state index in [1.165, 1.54) is 6.26 Å². The van der Waals surface area contributed by atoms with Gasteiger partial charge in [0.15, 0.2) is 0 Å². The Morgan fingerprint density at radius 1 is 1.17 bits per heavy atom. The molecule has 0 spiro atoms. The Bertz CT molecular complexity index is 514. The molecule has 1 rings (SSSR count). The highest BCUT2D eigenvalue weighted by atomic mass is 32.2. The molecule has 102 valence electrons. The van der Waals surface area contributed by atoms with E-state index in [2.05, 4.69) is 20.6 Å². The molecular weight excluding hydrogens is 252 g/mol. The SMILES string of the molecule is CNc1nc(C)nc(NCCCS(C)(=O)=O)c1C. The highest BCUT2D eigenvalue weighted by molar-refractivity contribution is 7.90. The summed E-state index contributed by atoms with van der Waals surface area (Å²) in [6.45, 7) is 4.32. The van der Waals surface area contributed by atoms with Crippen LogP contribution in [0.25, 0.3) is 0 Å².